The predicted molar refractivity (Wildman–Crippen MR) is 73.7 cm³/mol. The van der Waals surface area contributed by atoms with E-state index in [-0.39, 0.29) is 0 Å². The van der Waals surface area contributed by atoms with Gasteiger partial charge in [0.05, 0.1) is 26.4 Å². The minimum atomic E-state index is -1.43. The molecule has 4 N–H and O–H groups in total. The zero-order valence-electron chi connectivity index (χ0n) is 11.5. The van der Waals surface area contributed by atoms with Crippen molar-refractivity contribution in [1.82, 2.24) is 5.32 Å². The van der Waals surface area contributed by atoms with Gasteiger partial charge in [0.1, 0.15) is 11.3 Å². The van der Waals surface area contributed by atoms with Crippen molar-refractivity contribution in [3.05, 3.63) is 29.8 Å². The Morgan fingerprint density at radius 1 is 1.25 bits per heavy atom. The van der Waals surface area contributed by atoms with Gasteiger partial charge in [-0.3, -0.25) is 4.79 Å². The Morgan fingerprint density at radius 2 is 1.90 bits per heavy atom. The molecule has 0 aliphatic heterocycles. The molecular weight excluding hydrogens is 262 g/mol. The fourth-order valence-corrected chi connectivity index (χ4v) is 1.53. The van der Waals surface area contributed by atoms with E-state index in [1.165, 1.54) is 0 Å². The number of benzene rings is 1. The van der Waals surface area contributed by atoms with Crippen LogP contribution < -0.4 is 10.1 Å². The summed E-state index contributed by atoms with van der Waals surface area (Å²) in [4.78, 5) is 12.1. The molecule has 112 valence electrons. The first-order chi connectivity index (χ1) is 9.60. The second-order valence-electron chi connectivity index (χ2n) is 4.59. The topological polar surface area (TPSA) is 99.0 Å². The van der Waals surface area contributed by atoms with Crippen LogP contribution >= 0.6 is 0 Å². The van der Waals surface area contributed by atoms with Crippen molar-refractivity contribution in [2.75, 3.05) is 26.4 Å². The van der Waals surface area contributed by atoms with E-state index in [1.807, 2.05) is 6.92 Å². The maximum Gasteiger partial charge on any atom is 0.252 e. The molecule has 20 heavy (non-hydrogen) atoms. The number of carbonyl (C=O) groups is 1. The van der Waals surface area contributed by atoms with Gasteiger partial charge in [0.25, 0.3) is 5.91 Å². The summed E-state index contributed by atoms with van der Waals surface area (Å²) < 4.78 is 5.43. The molecule has 0 aliphatic rings. The highest BCUT2D eigenvalue weighted by Crippen LogP contribution is 2.14. The lowest BCUT2D eigenvalue weighted by molar-refractivity contribution is 0.0375. The standard InChI is InChI=1S/C14H21NO5/c1-2-6-20-12-5-3-4-11(7-12)13(19)15-14(8-16,9-17)10-18/h3-5,7,16-18H,2,6,8-10H2,1H3,(H,15,19). The summed E-state index contributed by atoms with van der Waals surface area (Å²) in [5.74, 6) is 0.0752. The van der Waals surface area contributed by atoms with Crippen molar-refractivity contribution in [2.24, 2.45) is 0 Å². The summed E-state index contributed by atoms with van der Waals surface area (Å²) in [5, 5.41) is 30.0. The summed E-state index contributed by atoms with van der Waals surface area (Å²) >= 11 is 0. The van der Waals surface area contributed by atoms with E-state index in [0.717, 1.165) is 6.42 Å². The molecule has 0 saturated heterocycles. The van der Waals surface area contributed by atoms with Crippen molar-refractivity contribution in [3.63, 3.8) is 0 Å². The fraction of sp³-hybridized carbons (Fsp3) is 0.500. The Kier molecular flexibility index (Phi) is 6.44. The average Bonchev–Trinajstić information content (AvgIpc) is 2.51. The number of aliphatic hydroxyl groups excluding tert-OH is 3. The molecule has 1 aromatic carbocycles. The third-order valence-corrected chi connectivity index (χ3v) is 2.86. The lowest BCUT2D eigenvalue weighted by Crippen LogP contribution is -2.57. The van der Waals surface area contributed by atoms with E-state index in [1.54, 1.807) is 24.3 Å². The normalized spacial score (nSPS) is 11.2. The Labute approximate surface area is 118 Å². The Hall–Kier alpha value is -1.63. The van der Waals surface area contributed by atoms with Gasteiger partial charge in [-0.15, -0.1) is 0 Å². The lowest BCUT2D eigenvalue weighted by Gasteiger charge is -2.28. The van der Waals surface area contributed by atoms with Crippen LogP contribution in [0.25, 0.3) is 0 Å². The molecule has 6 heteroatoms. The van der Waals surface area contributed by atoms with Crippen LogP contribution in [0, 0.1) is 0 Å². The summed E-state index contributed by atoms with van der Waals surface area (Å²) in [6.45, 7) is 0.862. The number of rotatable bonds is 8. The Morgan fingerprint density at radius 3 is 2.45 bits per heavy atom. The van der Waals surface area contributed by atoms with Crippen LogP contribution in [0.5, 0.6) is 5.75 Å². The van der Waals surface area contributed by atoms with Crippen LogP contribution in [0.1, 0.15) is 23.7 Å². The van der Waals surface area contributed by atoms with Crippen LogP contribution in [-0.4, -0.2) is 53.2 Å². The summed E-state index contributed by atoms with van der Waals surface area (Å²) in [5.41, 5.74) is -1.10. The molecule has 0 radical (unpaired) electrons. The smallest absolute Gasteiger partial charge is 0.252 e. The van der Waals surface area contributed by atoms with E-state index in [0.29, 0.717) is 17.9 Å². The average molecular weight is 283 g/mol. The highest BCUT2D eigenvalue weighted by molar-refractivity contribution is 5.95. The molecule has 0 fully saturated rings. The number of carbonyl (C=O) groups excluding carboxylic acids is 1. The lowest BCUT2D eigenvalue weighted by atomic mass is 10.0. The quantitative estimate of drug-likeness (QED) is 0.535. The summed E-state index contributed by atoms with van der Waals surface area (Å²) in [6.07, 6.45) is 0.860. The van der Waals surface area contributed by atoms with Crippen LogP contribution in [0.2, 0.25) is 0 Å². The van der Waals surface area contributed by atoms with Gasteiger partial charge in [-0.1, -0.05) is 13.0 Å². The maximum atomic E-state index is 12.1. The van der Waals surface area contributed by atoms with Gasteiger partial charge in [-0.25, -0.2) is 0 Å². The molecule has 1 amide bonds. The fourth-order valence-electron chi connectivity index (χ4n) is 1.53. The van der Waals surface area contributed by atoms with Crippen molar-refractivity contribution >= 4 is 5.91 Å². The SMILES string of the molecule is CCCOc1cccc(C(=O)NC(CO)(CO)CO)c1. The molecule has 0 aliphatic carbocycles. The third kappa shape index (κ3) is 4.19. The molecule has 0 atom stereocenters. The number of hydrogen-bond donors (Lipinski definition) is 4. The van der Waals surface area contributed by atoms with Gasteiger partial charge in [0.2, 0.25) is 0 Å². The molecule has 1 aromatic rings. The molecule has 0 saturated carbocycles. The van der Waals surface area contributed by atoms with Gasteiger partial charge in [0.15, 0.2) is 0 Å². The first kappa shape index (κ1) is 16.4. The summed E-state index contributed by atoms with van der Waals surface area (Å²) in [6, 6.07) is 6.58. The molecule has 0 bridgehead atoms. The van der Waals surface area contributed by atoms with E-state index in [9.17, 15) is 20.1 Å². The van der Waals surface area contributed by atoms with Crippen molar-refractivity contribution in [1.29, 1.82) is 0 Å². The van der Waals surface area contributed by atoms with Crippen molar-refractivity contribution < 1.29 is 24.9 Å². The monoisotopic (exact) mass is 283 g/mol. The highest BCUT2D eigenvalue weighted by atomic mass is 16.5. The highest BCUT2D eigenvalue weighted by Gasteiger charge is 2.30. The van der Waals surface area contributed by atoms with Gasteiger partial charge in [-0.05, 0) is 24.6 Å². The number of amides is 1. The predicted octanol–water partition coefficient (Wildman–Crippen LogP) is -0.0791. The first-order valence-electron chi connectivity index (χ1n) is 6.48. The van der Waals surface area contributed by atoms with Crippen LogP contribution in [0.3, 0.4) is 0 Å². The number of hydrogen-bond acceptors (Lipinski definition) is 5. The third-order valence-electron chi connectivity index (χ3n) is 2.86. The molecule has 0 heterocycles. The van der Waals surface area contributed by atoms with Crippen LogP contribution in [-0.2, 0) is 0 Å². The first-order valence-corrected chi connectivity index (χ1v) is 6.48. The zero-order valence-corrected chi connectivity index (χ0v) is 11.5. The minimum absolute atomic E-state index is 0.332. The number of ether oxygens (including phenoxy) is 1. The van der Waals surface area contributed by atoms with Crippen molar-refractivity contribution in [2.45, 2.75) is 18.9 Å². The minimum Gasteiger partial charge on any atom is -0.494 e. The van der Waals surface area contributed by atoms with E-state index in [4.69, 9.17) is 4.74 Å². The molecule has 0 unspecified atom stereocenters. The number of aliphatic hydroxyl groups is 3. The zero-order chi connectivity index (χ0) is 15.0. The van der Waals surface area contributed by atoms with Gasteiger partial charge in [0, 0.05) is 5.56 Å². The van der Waals surface area contributed by atoms with E-state index >= 15 is 0 Å². The van der Waals surface area contributed by atoms with Gasteiger partial charge >= 0.3 is 0 Å². The second kappa shape index (κ2) is 7.84. The van der Waals surface area contributed by atoms with E-state index in [2.05, 4.69) is 5.32 Å². The van der Waals surface area contributed by atoms with E-state index < -0.39 is 31.3 Å². The Balaban J connectivity index is 2.81. The maximum absolute atomic E-state index is 12.1. The molecule has 1 rings (SSSR count). The van der Waals surface area contributed by atoms with Gasteiger partial charge < -0.3 is 25.4 Å². The molecule has 0 spiro atoms. The van der Waals surface area contributed by atoms with Gasteiger partial charge in [-0.2, -0.15) is 0 Å². The van der Waals surface area contributed by atoms with Crippen LogP contribution in [0.15, 0.2) is 24.3 Å². The van der Waals surface area contributed by atoms with Crippen molar-refractivity contribution in [3.8, 4) is 5.75 Å². The van der Waals surface area contributed by atoms with Crippen LogP contribution in [0.4, 0.5) is 0 Å². The molecular formula is C14H21NO5. The second-order valence-corrected chi connectivity index (χ2v) is 4.59. The molecule has 6 nitrogen and oxygen atoms in total. The summed E-state index contributed by atoms with van der Waals surface area (Å²) in [7, 11) is 0. The largest absolute Gasteiger partial charge is 0.494 e. The Bertz CT molecular complexity index is 423. The number of nitrogens with one attached hydrogen (secondary N) is 1. The molecule has 0 aromatic heterocycles.